The van der Waals surface area contributed by atoms with Gasteiger partial charge in [-0.3, -0.25) is 0 Å². The summed E-state index contributed by atoms with van der Waals surface area (Å²) in [5, 5.41) is 12.9. The average molecular weight is 239 g/mol. The first-order valence-electron chi connectivity index (χ1n) is 5.98. The van der Waals surface area contributed by atoms with E-state index in [4.69, 9.17) is 5.73 Å². The van der Waals surface area contributed by atoms with Crippen molar-refractivity contribution in [2.75, 3.05) is 6.54 Å². The standard InChI is InChI=1S/C13H21NOS/c1-10-5-6-13(8-10,9-14)12(2,15)11-4-3-7-16-11/h3-4,7,10,15H,5-6,8-9,14H2,1-2H3. The first kappa shape index (κ1) is 12.1. The smallest absolute Gasteiger partial charge is 0.103 e. The third kappa shape index (κ3) is 1.71. The van der Waals surface area contributed by atoms with Crippen LogP contribution in [0.1, 0.15) is 38.0 Å². The van der Waals surface area contributed by atoms with E-state index in [1.165, 1.54) is 6.42 Å². The highest BCUT2D eigenvalue weighted by atomic mass is 32.1. The maximum Gasteiger partial charge on any atom is 0.103 e. The summed E-state index contributed by atoms with van der Waals surface area (Å²) in [4.78, 5) is 1.05. The molecule has 2 nitrogen and oxygen atoms in total. The summed E-state index contributed by atoms with van der Waals surface area (Å²) < 4.78 is 0. The molecule has 90 valence electrons. The molecule has 3 N–H and O–H groups in total. The molecule has 16 heavy (non-hydrogen) atoms. The molecule has 1 saturated carbocycles. The van der Waals surface area contributed by atoms with Gasteiger partial charge in [0.05, 0.1) is 0 Å². The van der Waals surface area contributed by atoms with Crippen molar-refractivity contribution in [3.05, 3.63) is 22.4 Å². The van der Waals surface area contributed by atoms with Crippen molar-refractivity contribution < 1.29 is 5.11 Å². The Kier molecular flexibility index (Phi) is 3.12. The summed E-state index contributed by atoms with van der Waals surface area (Å²) in [6.45, 7) is 4.76. The van der Waals surface area contributed by atoms with E-state index in [0.29, 0.717) is 12.5 Å². The highest BCUT2D eigenvalue weighted by Crippen LogP contribution is 2.53. The van der Waals surface area contributed by atoms with Crippen molar-refractivity contribution in [3.63, 3.8) is 0 Å². The van der Waals surface area contributed by atoms with Crippen molar-refractivity contribution in [2.24, 2.45) is 17.1 Å². The van der Waals surface area contributed by atoms with Gasteiger partial charge < -0.3 is 10.8 Å². The average Bonchev–Trinajstić information content (AvgIpc) is 2.86. The fourth-order valence-corrected chi connectivity index (χ4v) is 3.94. The fraction of sp³-hybridized carbons (Fsp3) is 0.692. The van der Waals surface area contributed by atoms with Crippen molar-refractivity contribution in [1.82, 2.24) is 0 Å². The maximum absolute atomic E-state index is 10.9. The third-order valence-corrected chi connectivity index (χ3v) is 5.36. The topological polar surface area (TPSA) is 46.2 Å². The summed E-state index contributed by atoms with van der Waals surface area (Å²) in [7, 11) is 0. The lowest BCUT2D eigenvalue weighted by atomic mass is 9.70. The quantitative estimate of drug-likeness (QED) is 0.852. The number of rotatable bonds is 3. The second-order valence-electron chi connectivity index (χ2n) is 5.38. The maximum atomic E-state index is 10.9. The van der Waals surface area contributed by atoms with Crippen LogP contribution in [-0.2, 0) is 5.60 Å². The molecule has 0 aromatic carbocycles. The van der Waals surface area contributed by atoms with Gasteiger partial charge in [0, 0.05) is 16.8 Å². The van der Waals surface area contributed by atoms with Crippen LogP contribution < -0.4 is 5.73 Å². The monoisotopic (exact) mass is 239 g/mol. The van der Waals surface area contributed by atoms with Gasteiger partial charge >= 0.3 is 0 Å². The molecule has 0 saturated heterocycles. The molecule has 0 aliphatic heterocycles. The molecule has 3 heteroatoms. The second kappa shape index (κ2) is 4.13. The van der Waals surface area contributed by atoms with Crippen molar-refractivity contribution in [3.8, 4) is 0 Å². The minimum absolute atomic E-state index is 0.128. The first-order valence-corrected chi connectivity index (χ1v) is 6.86. The third-order valence-electron chi connectivity index (χ3n) is 4.28. The zero-order chi connectivity index (χ0) is 11.8. The molecule has 0 spiro atoms. The molecule has 0 radical (unpaired) electrons. The van der Waals surface area contributed by atoms with Crippen LogP contribution in [0.4, 0.5) is 0 Å². The Morgan fingerprint density at radius 1 is 1.69 bits per heavy atom. The molecule has 1 aliphatic carbocycles. The Morgan fingerprint density at radius 2 is 2.44 bits per heavy atom. The SMILES string of the molecule is CC1CCC(CN)(C(C)(O)c2cccs2)C1. The van der Waals surface area contributed by atoms with Crippen LogP contribution in [0.15, 0.2) is 17.5 Å². The number of hydrogen-bond donors (Lipinski definition) is 2. The van der Waals surface area contributed by atoms with Crippen LogP contribution >= 0.6 is 11.3 Å². The normalized spacial score (nSPS) is 33.9. The second-order valence-corrected chi connectivity index (χ2v) is 6.33. The Hall–Kier alpha value is -0.380. The van der Waals surface area contributed by atoms with Gasteiger partial charge in [-0.2, -0.15) is 0 Å². The molecule has 1 heterocycles. The van der Waals surface area contributed by atoms with E-state index in [9.17, 15) is 5.11 Å². The van der Waals surface area contributed by atoms with Crippen LogP contribution in [-0.4, -0.2) is 11.7 Å². The van der Waals surface area contributed by atoms with Gasteiger partial charge in [-0.25, -0.2) is 0 Å². The summed E-state index contributed by atoms with van der Waals surface area (Å²) in [5.74, 6) is 0.676. The molecule has 0 amide bonds. The zero-order valence-corrected chi connectivity index (χ0v) is 10.9. The molecule has 3 atom stereocenters. The first-order chi connectivity index (χ1) is 7.52. The van der Waals surface area contributed by atoms with E-state index >= 15 is 0 Å². The predicted molar refractivity (Wildman–Crippen MR) is 68.4 cm³/mol. The molecule has 2 rings (SSSR count). The van der Waals surface area contributed by atoms with E-state index in [0.717, 1.165) is 17.7 Å². The van der Waals surface area contributed by atoms with Crippen LogP contribution in [0.5, 0.6) is 0 Å². The van der Waals surface area contributed by atoms with Gasteiger partial charge in [-0.05, 0) is 43.6 Å². The molecule has 1 aromatic heterocycles. The van der Waals surface area contributed by atoms with Crippen LogP contribution in [0.25, 0.3) is 0 Å². The predicted octanol–water partition coefficient (Wildman–Crippen LogP) is 2.72. The van der Waals surface area contributed by atoms with Crippen molar-refractivity contribution in [1.29, 1.82) is 0 Å². The van der Waals surface area contributed by atoms with E-state index in [2.05, 4.69) is 6.92 Å². The molecule has 3 unspecified atom stereocenters. The fourth-order valence-electron chi connectivity index (χ4n) is 3.04. The number of aliphatic hydroxyl groups is 1. The lowest BCUT2D eigenvalue weighted by Gasteiger charge is -2.42. The largest absolute Gasteiger partial charge is 0.384 e. The van der Waals surface area contributed by atoms with Gasteiger partial charge in [0.1, 0.15) is 5.60 Å². The zero-order valence-electron chi connectivity index (χ0n) is 10.1. The van der Waals surface area contributed by atoms with Crippen molar-refractivity contribution >= 4 is 11.3 Å². The highest BCUT2D eigenvalue weighted by Gasteiger charge is 2.51. The van der Waals surface area contributed by atoms with Gasteiger partial charge in [0.2, 0.25) is 0 Å². The molecular formula is C13H21NOS. The van der Waals surface area contributed by atoms with Gasteiger partial charge in [0.15, 0.2) is 0 Å². The number of hydrogen-bond acceptors (Lipinski definition) is 3. The number of nitrogens with two attached hydrogens (primary N) is 1. The Balaban J connectivity index is 2.34. The summed E-state index contributed by atoms with van der Waals surface area (Å²) in [6, 6.07) is 4.02. The molecule has 0 bridgehead atoms. The van der Waals surface area contributed by atoms with Crippen LogP contribution in [0.2, 0.25) is 0 Å². The van der Waals surface area contributed by atoms with Crippen LogP contribution in [0.3, 0.4) is 0 Å². The Bertz CT molecular complexity index is 347. The van der Waals surface area contributed by atoms with Gasteiger partial charge in [0.25, 0.3) is 0 Å². The Labute approximate surface area is 101 Å². The summed E-state index contributed by atoms with van der Waals surface area (Å²) in [5.41, 5.74) is 5.06. The molecule has 1 aliphatic rings. The van der Waals surface area contributed by atoms with Gasteiger partial charge in [-0.1, -0.05) is 13.0 Å². The number of thiophene rings is 1. The van der Waals surface area contributed by atoms with E-state index in [1.807, 2.05) is 24.4 Å². The minimum atomic E-state index is -0.777. The van der Waals surface area contributed by atoms with Crippen LogP contribution in [0, 0.1) is 11.3 Å². The lowest BCUT2D eigenvalue weighted by Crippen LogP contribution is -2.46. The minimum Gasteiger partial charge on any atom is -0.384 e. The van der Waals surface area contributed by atoms with E-state index in [-0.39, 0.29) is 5.41 Å². The van der Waals surface area contributed by atoms with Gasteiger partial charge in [-0.15, -0.1) is 11.3 Å². The lowest BCUT2D eigenvalue weighted by molar-refractivity contribution is -0.0682. The summed E-state index contributed by atoms with van der Waals surface area (Å²) >= 11 is 1.63. The Morgan fingerprint density at radius 3 is 2.88 bits per heavy atom. The van der Waals surface area contributed by atoms with E-state index < -0.39 is 5.60 Å². The highest BCUT2D eigenvalue weighted by molar-refractivity contribution is 7.10. The van der Waals surface area contributed by atoms with Crippen molar-refractivity contribution in [2.45, 2.75) is 38.7 Å². The van der Waals surface area contributed by atoms with E-state index in [1.54, 1.807) is 11.3 Å². The molecular weight excluding hydrogens is 218 g/mol. The molecule has 1 aromatic rings. The summed E-state index contributed by atoms with van der Waals surface area (Å²) in [6.07, 6.45) is 3.25. The molecule has 1 fully saturated rings.